The Morgan fingerprint density at radius 1 is 1.05 bits per heavy atom. The van der Waals surface area contributed by atoms with Crippen LogP contribution in [-0.2, 0) is 0 Å². The van der Waals surface area contributed by atoms with E-state index in [9.17, 15) is 0 Å². The Labute approximate surface area is 116 Å². The summed E-state index contributed by atoms with van der Waals surface area (Å²) in [7, 11) is 1.61. The first-order chi connectivity index (χ1) is 9.76. The van der Waals surface area contributed by atoms with E-state index in [1.54, 1.807) is 13.2 Å². The molecule has 5 heteroatoms. The van der Waals surface area contributed by atoms with Crippen LogP contribution in [0.2, 0.25) is 0 Å². The summed E-state index contributed by atoms with van der Waals surface area (Å²) in [5, 5.41) is 17.6. The average molecular weight is 262 g/mol. The van der Waals surface area contributed by atoms with Gasteiger partial charge in [0.1, 0.15) is 17.9 Å². The first kappa shape index (κ1) is 13.3. The molecule has 20 heavy (non-hydrogen) atoms. The molecule has 96 valence electrons. The molecule has 0 saturated heterocycles. The number of ether oxygens (including phenoxy) is 1. The minimum Gasteiger partial charge on any atom is -0.497 e. The van der Waals surface area contributed by atoms with Gasteiger partial charge < -0.3 is 4.74 Å². The van der Waals surface area contributed by atoms with Gasteiger partial charge in [-0.25, -0.2) is 9.97 Å². The zero-order chi connectivity index (χ0) is 14.4. The third-order valence-corrected chi connectivity index (χ3v) is 2.57. The fourth-order valence-electron chi connectivity index (χ4n) is 1.54. The maximum atomic E-state index is 8.88. The summed E-state index contributed by atoms with van der Waals surface area (Å²) in [6.45, 7) is 0. The van der Waals surface area contributed by atoms with Crippen molar-refractivity contribution in [2.45, 2.75) is 0 Å². The first-order valence-corrected chi connectivity index (χ1v) is 5.76. The molecule has 0 N–H and O–H groups in total. The van der Waals surface area contributed by atoms with Crippen molar-refractivity contribution < 1.29 is 4.74 Å². The summed E-state index contributed by atoms with van der Waals surface area (Å²) in [5.74, 6) is 0.784. The molecule has 0 radical (unpaired) electrons. The Kier molecular flexibility index (Phi) is 4.06. The minimum atomic E-state index is 0.0318. The fraction of sp³-hybridized carbons (Fsp3) is 0.0667. The van der Waals surface area contributed by atoms with Gasteiger partial charge in [-0.2, -0.15) is 10.5 Å². The van der Waals surface area contributed by atoms with Crippen LogP contribution in [0.15, 0.2) is 30.5 Å². The van der Waals surface area contributed by atoms with E-state index in [0.29, 0.717) is 5.69 Å². The smallest absolute Gasteiger partial charge is 0.177 e. The van der Waals surface area contributed by atoms with Crippen molar-refractivity contribution >= 4 is 12.2 Å². The summed E-state index contributed by atoms with van der Waals surface area (Å²) in [6.07, 6.45) is 5.03. The molecule has 0 fully saturated rings. The van der Waals surface area contributed by atoms with Crippen LogP contribution in [0.3, 0.4) is 0 Å². The average Bonchev–Trinajstić information content (AvgIpc) is 2.53. The van der Waals surface area contributed by atoms with Gasteiger partial charge in [0.05, 0.1) is 19.0 Å². The molecule has 2 rings (SSSR count). The van der Waals surface area contributed by atoms with Crippen LogP contribution in [0.4, 0.5) is 0 Å². The zero-order valence-corrected chi connectivity index (χ0v) is 10.7. The maximum Gasteiger partial charge on any atom is 0.177 e. The van der Waals surface area contributed by atoms with Crippen molar-refractivity contribution in [3.63, 3.8) is 0 Å². The lowest BCUT2D eigenvalue weighted by atomic mass is 10.2. The second-order valence-corrected chi connectivity index (χ2v) is 3.82. The molecule has 0 saturated carbocycles. The minimum absolute atomic E-state index is 0.0318. The van der Waals surface area contributed by atoms with Crippen LogP contribution in [0.1, 0.15) is 22.6 Å². The number of aromatic nitrogens is 2. The Hall–Kier alpha value is -3.18. The van der Waals surface area contributed by atoms with Crippen LogP contribution >= 0.6 is 0 Å². The number of methoxy groups -OCH3 is 1. The molecule has 0 atom stereocenters. The van der Waals surface area contributed by atoms with Crippen LogP contribution in [-0.4, -0.2) is 17.1 Å². The van der Waals surface area contributed by atoms with Crippen LogP contribution in [0.25, 0.3) is 12.2 Å². The Balaban J connectivity index is 2.23. The summed E-state index contributed by atoms with van der Waals surface area (Å²) >= 11 is 0. The van der Waals surface area contributed by atoms with E-state index < -0.39 is 0 Å². The molecular formula is C15H10N4O. The van der Waals surface area contributed by atoms with Gasteiger partial charge in [0.25, 0.3) is 0 Å². The van der Waals surface area contributed by atoms with Crippen LogP contribution in [0.5, 0.6) is 5.75 Å². The third kappa shape index (κ3) is 2.98. The number of nitrogens with zero attached hydrogens (tertiary/aromatic N) is 4. The highest BCUT2D eigenvalue weighted by atomic mass is 16.5. The van der Waals surface area contributed by atoms with Gasteiger partial charge in [-0.05, 0) is 23.8 Å². The Morgan fingerprint density at radius 2 is 1.75 bits per heavy atom. The van der Waals surface area contributed by atoms with Crippen molar-refractivity contribution in [2.75, 3.05) is 7.11 Å². The first-order valence-electron chi connectivity index (χ1n) is 5.76. The molecule has 1 aromatic heterocycles. The van der Waals surface area contributed by atoms with Gasteiger partial charge in [-0.1, -0.05) is 18.2 Å². The van der Waals surface area contributed by atoms with Crippen molar-refractivity contribution in [3.05, 3.63) is 53.1 Å². The second kappa shape index (κ2) is 6.12. The van der Waals surface area contributed by atoms with Gasteiger partial charge in [-0.3, -0.25) is 0 Å². The van der Waals surface area contributed by atoms with Gasteiger partial charge in [0.2, 0.25) is 0 Å². The van der Waals surface area contributed by atoms with Gasteiger partial charge in [-0.15, -0.1) is 0 Å². The van der Waals surface area contributed by atoms with E-state index in [1.165, 1.54) is 6.20 Å². The van der Waals surface area contributed by atoms with Gasteiger partial charge in [0.15, 0.2) is 11.4 Å². The van der Waals surface area contributed by atoms with Gasteiger partial charge >= 0.3 is 0 Å². The largest absolute Gasteiger partial charge is 0.497 e. The number of hydrogen-bond acceptors (Lipinski definition) is 5. The molecule has 0 spiro atoms. The van der Waals surface area contributed by atoms with E-state index in [2.05, 4.69) is 9.97 Å². The molecule has 5 nitrogen and oxygen atoms in total. The molecule has 0 aliphatic carbocycles. The highest BCUT2D eigenvalue weighted by molar-refractivity contribution is 5.68. The molecule has 0 aliphatic rings. The molecule has 2 aromatic rings. The normalized spacial score (nSPS) is 9.95. The maximum absolute atomic E-state index is 8.88. The van der Waals surface area contributed by atoms with E-state index in [1.807, 2.05) is 42.5 Å². The molecule has 0 unspecified atom stereocenters. The summed E-state index contributed by atoms with van der Waals surface area (Å²) in [4.78, 5) is 7.94. The number of hydrogen-bond donors (Lipinski definition) is 0. The van der Waals surface area contributed by atoms with Crippen LogP contribution < -0.4 is 4.74 Å². The predicted octanol–water partition coefficient (Wildman–Crippen LogP) is 2.40. The third-order valence-electron chi connectivity index (χ3n) is 2.57. The van der Waals surface area contributed by atoms with E-state index in [0.717, 1.165) is 11.3 Å². The number of nitriles is 2. The topological polar surface area (TPSA) is 82.6 Å². The summed E-state index contributed by atoms with van der Waals surface area (Å²) in [6, 6.07) is 11.2. The van der Waals surface area contributed by atoms with E-state index in [-0.39, 0.29) is 11.4 Å². The van der Waals surface area contributed by atoms with Gasteiger partial charge in [0, 0.05) is 0 Å². The molecule has 0 aliphatic heterocycles. The Morgan fingerprint density at radius 3 is 2.35 bits per heavy atom. The molecule has 0 bridgehead atoms. The van der Waals surface area contributed by atoms with Crippen molar-refractivity contribution in [2.24, 2.45) is 0 Å². The van der Waals surface area contributed by atoms with Crippen molar-refractivity contribution in [1.82, 2.24) is 9.97 Å². The quantitative estimate of drug-likeness (QED) is 0.848. The van der Waals surface area contributed by atoms with Crippen molar-refractivity contribution in [1.29, 1.82) is 10.5 Å². The molecule has 1 aromatic carbocycles. The van der Waals surface area contributed by atoms with E-state index >= 15 is 0 Å². The molecular weight excluding hydrogens is 252 g/mol. The number of rotatable bonds is 3. The van der Waals surface area contributed by atoms with Crippen molar-refractivity contribution in [3.8, 4) is 17.9 Å². The summed E-state index contributed by atoms with van der Waals surface area (Å²) < 4.78 is 5.07. The SMILES string of the molecule is COc1ccc(/C=C/c2cnc(C#N)c(C#N)n2)cc1. The highest BCUT2D eigenvalue weighted by Gasteiger charge is 2.04. The monoisotopic (exact) mass is 262 g/mol. The van der Waals surface area contributed by atoms with E-state index in [4.69, 9.17) is 15.3 Å². The lowest BCUT2D eigenvalue weighted by Crippen LogP contribution is -1.95. The Bertz CT molecular complexity index is 721. The molecule has 0 amide bonds. The second-order valence-electron chi connectivity index (χ2n) is 3.82. The molecule has 1 heterocycles. The lowest BCUT2D eigenvalue weighted by Gasteiger charge is -1.99. The summed E-state index contributed by atoms with van der Waals surface area (Å²) in [5.41, 5.74) is 1.56. The highest BCUT2D eigenvalue weighted by Crippen LogP contribution is 2.13. The fourth-order valence-corrected chi connectivity index (χ4v) is 1.54. The lowest BCUT2D eigenvalue weighted by molar-refractivity contribution is 0.415. The number of benzene rings is 1. The van der Waals surface area contributed by atoms with Crippen LogP contribution in [0, 0.1) is 22.7 Å². The predicted molar refractivity (Wildman–Crippen MR) is 73.4 cm³/mol. The zero-order valence-electron chi connectivity index (χ0n) is 10.7. The standard InChI is InChI=1S/C15H10N4O/c1-20-13-6-3-11(4-7-13)2-5-12-10-18-14(8-16)15(9-17)19-12/h2-7,10H,1H3/b5-2+.